The summed E-state index contributed by atoms with van der Waals surface area (Å²) in [6.07, 6.45) is 62.8. The molecule has 0 aliphatic rings. The third-order valence-corrected chi connectivity index (χ3v) is 10.5. The zero-order chi connectivity index (χ0) is 47.1. The van der Waals surface area contributed by atoms with Gasteiger partial charge in [0.2, 0.25) is 0 Å². The van der Waals surface area contributed by atoms with Gasteiger partial charge in [-0.2, -0.15) is 0 Å². The highest BCUT2D eigenvalue weighted by Crippen LogP contribution is 2.43. The van der Waals surface area contributed by atoms with E-state index in [9.17, 15) is 19.0 Å². The van der Waals surface area contributed by atoms with Crippen molar-refractivity contribution >= 4 is 19.8 Å². The van der Waals surface area contributed by atoms with E-state index < -0.39 is 32.5 Å². The van der Waals surface area contributed by atoms with E-state index in [-0.39, 0.29) is 26.1 Å². The molecule has 2 atom stereocenters. The molecule has 0 amide bonds. The fraction of sp³-hybridized carbons (Fsp3) is 0.593. The summed E-state index contributed by atoms with van der Waals surface area (Å²) in [7, 11) is 1.38. The predicted molar refractivity (Wildman–Crippen MR) is 270 cm³/mol. The maximum atomic E-state index is 12.7. The van der Waals surface area contributed by atoms with Crippen molar-refractivity contribution in [3.8, 4) is 0 Å². The van der Waals surface area contributed by atoms with Crippen molar-refractivity contribution in [2.24, 2.45) is 0 Å². The number of carbonyl (C=O) groups is 2. The van der Waals surface area contributed by atoms with Crippen LogP contribution in [0, 0.1) is 0 Å². The third-order valence-electron chi connectivity index (χ3n) is 9.49. The van der Waals surface area contributed by atoms with Crippen LogP contribution in [0.2, 0.25) is 0 Å². The molecule has 64 heavy (non-hydrogen) atoms. The Morgan fingerprint density at radius 3 is 1.39 bits per heavy atom. The molecule has 0 aliphatic heterocycles. The van der Waals surface area contributed by atoms with Gasteiger partial charge in [-0.15, -0.1) is 0 Å². The van der Waals surface area contributed by atoms with Crippen LogP contribution < -0.4 is 0 Å². The second-order valence-corrected chi connectivity index (χ2v) is 18.2. The Morgan fingerprint density at radius 1 is 0.500 bits per heavy atom. The van der Waals surface area contributed by atoms with Crippen molar-refractivity contribution in [3.05, 3.63) is 122 Å². The van der Waals surface area contributed by atoms with Crippen LogP contribution in [0.15, 0.2) is 122 Å². The Labute approximate surface area is 390 Å². The molecule has 1 N–H and O–H groups in total. The normalized spacial score (nSPS) is 14.5. The van der Waals surface area contributed by atoms with Crippen LogP contribution in [0.5, 0.6) is 0 Å². The van der Waals surface area contributed by atoms with Crippen LogP contribution in [0.3, 0.4) is 0 Å². The van der Waals surface area contributed by atoms with Crippen molar-refractivity contribution in [2.75, 3.05) is 47.5 Å². The van der Waals surface area contributed by atoms with Gasteiger partial charge in [0, 0.05) is 12.8 Å². The zero-order valence-corrected chi connectivity index (χ0v) is 41.6. The summed E-state index contributed by atoms with van der Waals surface area (Å²) in [5, 5.41) is 0. The first-order valence-corrected chi connectivity index (χ1v) is 25.8. The molecule has 9 nitrogen and oxygen atoms in total. The van der Waals surface area contributed by atoms with Gasteiger partial charge in [-0.3, -0.25) is 18.6 Å². The first-order chi connectivity index (χ1) is 31.0. The van der Waals surface area contributed by atoms with Crippen molar-refractivity contribution in [1.82, 2.24) is 0 Å². The smallest absolute Gasteiger partial charge is 0.462 e. The standard InChI is InChI=1S/C54H88NO8P/c1-6-8-10-12-14-16-18-20-22-24-26-27-29-30-32-34-36-38-40-42-44-46-53(56)60-50-52(51-62-64(58,59)61-49-48-55(3,4)5)63-54(57)47-45-43-41-39-37-35-33-31-28-25-23-21-19-17-15-13-11-9-7-2/h9,11,15,17,21-24,27-29,31-32,34-35,37-38,40-41,43,52H,6-8,10,12-14,16,18-20,25-26,30,33,36,39,42,44-51H2,1-5H3/p+1/b11-9+,17-15+,23-21+,24-22+,29-27+,31-28+,34-32+,37-35+,40-38+,43-41+/t52-/m1/s1. The molecule has 0 saturated carbocycles. The number of nitrogens with zero attached hydrogens (tertiary/aromatic N) is 1. The number of phosphoric ester groups is 1. The number of phosphoric acid groups is 1. The number of quaternary nitrogens is 1. The first-order valence-electron chi connectivity index (χ1n) is 24.3. The van der Waals surface area contributed by atoms with E-state index in [1.54, 1.807) is 0 Å². The summed E-state index contributed by atoms with van der Waals surface area (Å²) in [4.78, 5) is 35.4. The Bertz CT molecular complexity index is 1490. The quantitative estimate of drug-likeness (QED) is 0.0212. The molecule has 362 valence electrons. The molecule has 0 bridgehead atoms. The maximum absolute atomic E-state index is 12.7. The topological polar surface area (TPSA) is 108 Å². The number of hydrogen-bond donors (Lipinski definition) is 1. The summed E-state index contributed by atoms with van der Waals surface area (Å²) >= 11 is 0. The van der Waals surface area contributed by atoms with Gasteiger partial charge in [-0.1, -0.05) is 174 Å². The number of allylic oxidation sites excluding steroid dienone is 20. The van der Waals surface area contributed by atoms with Crippen molar-refractivity contribution in [2.45, 2.75) is 161 Å². The van der Waals surface area contributed by atoms with Crippen molar-refractivity contribution < 1.29 is 42.1 Å². The van der Waals surface area contributed by atoms with Crippen LogP contribution in [-0.2, 0) is 32.7 Å². The minimum atomic E-state index is -4.42. The van der Waals surface area contributed by atoms with E-state index in [0.29, 0.717) is 23.9 Å². The Morgan fingerprint density at radius 2 is 0.922 bits per heavy atom. The molecule has 0 aromatic carbocycles. The second-order valence-electron chi connectivity index (χ2n) is 16.8. The highest BCUT2D eigenvalue weighted by molar-refractivity contribution is 7.47. The maximum Gasteiger partial charge on any atom is 0.472 e. The fourth-order valence-corrected chi connectivity index (χ4v) is 6.48. The lowest BCUT2D eigenvalue weighted by atomic mass is 10.1. The highest BCUT2D eigenvalue weighted by Gasteiger charge is 2.27. The molecule has 0 saturated heterocycles. The van der Waals surface area contributed by atoms with Gasteiger partial charge >= 0.3 is 19.8 Å². The lowest BCUT2D eigenvalue weighted by Crippen LogP contribution is -2.37. The molecule has 0 heterocycles. The van der Waals surface area contributed by atoms with Gasteiger partial charge < -0.3 is 18.9 Å². The fourth-order valence-electron chi connectivity index (χ4n) is 5.74. The summed E-state index contributed by atoms with van der Waals surface area (Å²) in [5.74, 6) is -0.974. The van der Waals surface area contributed by atoms with Gasteiger partial charge in [-0.05, 0) is 89.9 Å². The van der Waals surface area contributed by atoms with E-state index in [2.05, 4.69) is 123 Å². The average molecular weight is 911 g/mol. The summed E-state index contributed by atoms with van der Waals surface area (Å²) in [5.41, 5.74) is 0. The van der Waals surface area contributed by atoms with Crippen molar-refractivity contribution in [3.63, 3.8) is 0 Å². The number of carbonyl (C=O) groups excluding carboxylic acids is 2. The van der Waals surface area contributed by atoms with Crippen LogP contribution >= 0.6 is 7.82 Å². The molecule has 10 heteroatoms. The van der Waals surface area contributed by atoms with Crippen molar-refractivity contribution in [1.29, 1.82) is 0 Å². The number of likely N-dealkylation sites (N-methyl/N-ethyl adjacent to an activating group) is 1. The molecule has 0 aromatic heterocycles. The van der Waals surface area contributed by atoms with Gasteiger partial charge in [0.1, 0.15) is 19.8 Å². The highest BCUT2D eigenvalue weighted by atomic mass is 31.2. The van der Waals surface area contributed by atoms with E-state index in [1.807, 2.05) is 33.3 Å². The lowest BCUT2D eigenvalue weighted by molar-refractivity contribution is -0.870. The second kappa shape index (κ2) is 44.6. The monoisotopic (exact) mass is 911 g/mol. The number of esters is 2. The molecular formula is C54H89NO8P+. The molecule has 1 unspecified atom stereocenters. The minimum absolute atomic E-state index is 0.00225. The largest absolute Gasteiger partial charge is 0.472 e. The lowest BCUT2D eigenvalue weighted by Gasteiger charge is -2.24. The van der Waals surface area contributed by atoms with Gasteiger partial charge in [-0.25, -0.2) is 4.57 Å². The Kier molecular flexibility index (Phi) is 42.1. The van der Waals surface area contributed by atoms with Gasteiger partial charge in [0.25, 0.3) is 0 Å². The first kappa shape index (κ1) is 60.4. The number of rotatable bonds is 42. The van der Waals surface area contributed by atoms with Gasteiger partial charge in [0.05, 0.1) is 27.7 Å². The number of unbranched alkanes of at least 4 members (excludes halogenated alkanes) is 8. The predicted octanol–water partition coefficient (Wildman–Crippen LogP) is 14.5. The third kappa shape index (κ3) is 47.9. The van der Waals surface area contributed by atoms with Crippen LogP contribution in [0.4, 0.5) is 0 Å². The minimum Gasteiger partial charge on any atom is -0.462 e. The SMILES string of the molecule is CC/C=C/C/C=C/C/C=C/C/C=C/C/C=C/C/C=C/CCC(=O)O[C@H](COC(=O)CCC/C=C/C/C=C/C/C=C/C/C=C/CCCCCCCCC)COP(=O)(O)OCC[N+](C)(C)C. The van der Waals surface area contributed by atoms with E-state index >= 15 is 0 Å². The number of ether oxygens (including phenoxy) is 2. The molecule has 0 aliphatic carbocycles. The zero-order valence-electron chi connectivity index (χ0n) is 40.7. The summed E-state index contributed by atoms with van der Waals surface area (Å²) < 4.78 is 34.2. The molecular weight excluding hydrogens is 822 g/mol. The Hall–Kier alpha value is -3.59. The van der Waals surface area contributed by atoms with E-state index in [4.69, 9.17) is 18.5 Å². The van der Waals surface area contributed by atoms with E-state index in [0.717, 1.165) is 64.2 Å². The molecule has 0 rings (SSSR count). The Balaban J connectivity index is 4.54. The average Bonchev–Trinajstić information content (AvgIpc) is 3.25. The summed E-state index contributed by atoms with van der Waals surface area (Å²) in [6.45, 7) is 4.13. The van der Waals surface area contributed by atoms with E-state index in [1.165, 1.54) is 51.4 Å². The van der Waals surface area contributed by atoms with Gasteiger partial charge in [0.15, 0.2) is 6.10 Å². The van der Waals surface area contributed by atoms with Crippen LogP contribution in [0.1, 0.15) is 155 Å². The molecule has 0 radical (unpaired) electrons. The summed E-state index contributed by atoms with van der Waals surface area (Å²) in [6, 6.07) is 0. The molecule has 0 fully saturated rings. The number of hydrogen-bond acceptors (Lipinski definition) is 7. The molecule has 0 spiro atoms. The van der Waals surface area contributed by atoms with Crippen LogP contribution in [0.25, 0.3) is 0 Å². The van der Waals surface area contributed by atoms with Crippen LogP contribution in [-0.4, -0.2) is 74.9 Å². The molecule has 0 aromatic rings.